The predicted octanol–water partition coefficient (Wildman–Crippen LogP) is 0.800. The average Bonchev–Trinajstić information content (AvgIpc) is 2.31. The van der Waals surface area contributed by atoms with Gasteiger partial charge in [-0.3, -0.25) is 10.1 Å². The van der Waals surface area contributed by atoms with Crippen LogP contribution in [0.3, 0.4) is 0 Å². The third-order valence-electron chi connectivity index (χ3n) is 2.27. The van der Waals surface area contributed by atoms with Crippen LogP contribution in [-0.4, -0.2) is 34.4 Å². The molecule has 0 spiro atoms. The van der Waals surface area contributed by atoms with E-state index in [4.69, 9.17) is 10.2 Å². The van der Waals surface area contributed by atoms with Gasteiger partial charge in [-0.1, -0.05) is 15.9 Å². The van der Waals surface area contributed by atoms with Crippen molar-refractivity contribution in [2.45, 2.75) is 12.6 Å². The first kappa shape index (κ1) is 14.0. The first-order chi connectivity index (χ1) is 8.08. The molecular weight excluding hydrogens is 292 g/mol. The summed E-state index contributed by atoms with van der Waals surface area (Å²) in [6.45, 7) is -0.225. The van der Waals surface area contributed by atoms with Gasteiger partial charge in [-0.15, -0.1) is 0 Å². The second-order valence-corrected chi connectivity index (χ2v) is 4.39. The highest BCUT2D eigenvalue weighted by Gasteiger charge is 2.15. The van der Waals surface area contributed by atoms with E-state index < -0.39 is 11.0 Å². The quantitative estimate of drug-likeness (QED) is 0.534. The van der Waals surface area contributed by atoms with Crippen molar-refractivity contribution in [2.75, 3.05) is 13.2 Å². The lowest BCUT2D eigenvalue weighted by Gasteiger charge is -2.13. The molecule has 0 fully saturated rings. The molecule has 0 aromatic heterocycles. The maximum atomic E-state index is 10.8. The second kappa shape index (κ2) is 6.65. The number of nitrogens with zero attached hydrogens (tertiary/aromatic N) is 1. The van der Waals surface area contributed by atoms with Crippen LogP contribution in [0.15, 0.2) is 22.7 Å². The fourth-order valence-corrected chi connectivity index (χ4v) is 1.65. The van der Waals surface area contributed by atoms with Crippen LogP contribution in [0.1, 0.15) is 5.56 Å². The van der Waals surface area contributed by atoms with Crippen molar-refractivity contribution in [3.63, 3.8) is 0 Å². The number of benzene rings is 1. The largest absolute Gasteiger partial charge is 0.395 e. The number of aliphatic hydroxyl groups excluding tert-OH is 2. The van der Waals surface area contributed by atoms with Gasteiger partial charge in [0.15, 0.2) is 0 Å². The summed E-state index contributed by atoms with van der Waals surface area (Å²) in [5.74, 6) is 0. The Hall–Kier alpha value is -1.02. The number of nitro groups is 1. The zero-order valence-corrected chi connectivity index (χ0v) is 10.6. The number of nitrogens with one attached hydrogen (secondary N) is 1. The topological polar surface area (TPSA) is 95.6 Å². The number of nitro benzene ring substituents is 1. The number of hydrogen-bond donors (Lipinski definition) is 3. The molecule has 0 aliphatic carbocycles. The lowest BCUT2D eigenvalue weighted by Crippen LogP contribution is -2.35. The molecule has 0 amide bonds. The SMILES string of the molecule is O=[N+]([O-])c1cc(Br)ccc1CNC(CO)CO. The van der Waals surface area contributed by atoms with E-state index in [9.17, 15) is 10.1 Å². The molecule has 3 N–H and O–H groups in total. The highest BCUT2D eigenvalue weighted by molar-refractivity contribution is 9.10. The minimum absolute atomic E-state index is 0.00139. The van der Waals surface area contributed by atoms with Crippen LogP contribution < -0.4 is 5.32 Å². The summed E-state index contributed by atoms with van der Waals surface area (Å²) in [6.07, 6.45) is 0. The first-order valence-electron chi connectivity index (χ1n) is 4.96. The van der Waals surface area contributed by atoms with Crippen molar-refractivity contribution in [2.24, 2.45) is 0 Å². The summed E-state index contributed by atoms with van der Waals surface area (Å²) in [5, 5.41) is 31.4. The molecule has 0 saturated heterocycles. The molecule has 6 nitrogen and oxygen atoms in total. The molecule has 7 heteroatoms. The van der Waals surface area contributed by atoms with Gasteiger partial charge in [-0.05, 0) is 12.1 Å². The van der Waals surface area contributed by atoms with Crippen molar-refractivity contribution in [3.8, 4) is 0 Å². The molecular formula is C10H13BrN2O4. The van der Waals surface area contributed by atoms with Crippen molar-refractivity contribution in [1.82, 2.24) is 5.32 Å². The fourth-order valence-electron chi connectivity index (χ4n) is 1.30. The zero-order chi connectivity index (χ0) is 12.8. The summed E-state index contributed by atoms with van der Waals surface area (Å²) in [6, 6.07) is 4.28. The third-order valence-corrected chi connectivity index (χ3v) is 2.76. The van der Waals surface area contributed by atoms with E-state index >= 15 is 0 Å². The van der Waals surface area contributed by atoms with Gasteiger partial charge in [-0.2, -0.15) is 0 Å². The van der Waals surface area contributed by atoms with Crippen LogP contribution in [0.25, 0.3) is 0 Å². The molecule has 0 unspecified atom stereocenters. The minimum Gasteiger partial charge on any atom is -0.395 e. The highest BCUT2D eigenvalue weighted by Crippen LogP contribution is 2.23. The molecule has 1 aromatic carbocycles. The highest BCUT2D eigenvalue weighted by atomic mass is 79.9. The van der Waals surface area contributed by atoms with E-state index in [1.807, 2.05) is 0 Å². The Labute approximate surface area is 107 Å². The van der Waals surface area contributed by atoms with Crippen LogP contribution in [0, 0.1) is 10.1 Å². The molecule has 0 atom stereocenters. The average molecular weight is 305 g/mol. The number of hydrogen-bond acceptors (Lipinski definition) is 5. The molecule has 0 saturated carbocycles. The van der Waals surface area contributed by atoms with Crippen LogP contribution in [0.4, 0.5) is 5.69 Å². The van der Waals surface area contributed by atoms with E-state index in [-0.39, 0.29) is 25.4 Å². The maximum absolute atomic E-state index is 10.8. The monoisotopic (exact) mass is 304 g/mol. The Morgan fingerprint density at radius 2 is 2.06 bits per heavy atom. The van der Waals surface area contributed by atoms with Crippen molar-refractivity contribution in [1.29, 1.82) is 0 Å². The summed E-state index contributed by atoms with van der Waals surface area (Å²) in [4.78, 5) is 10.4. The summed E-state index contributed by atoms with van der Waals surface area (Å²) in [7, 11) is 0. The van der Waals surface area contributed by atoms with Crippen LogP contribution in [0.5, 0.6) is 0 Å². The number of rotatable bonds is 6. The van der Waals surface area contributed by atoms with E-state index in [2.05, 4.69) is 21.2 Å². The van der Waals surface area contributed by atoms with Crippen molar-refractivity contribution < 1.29 is 15.1 Å². The Kier molecular flexibility index (Phi) is 5.49. The molecule has 1 aromatic rings. The van der Waals surface area contributed by atoms with E-state index in [1.54, 1.807) is 12.1 Å². The Morgan fingerprint density at radius 1 is 1.41 bits per heavy atom. The normalized spacial score (nSPS) is 10.8. The van der Waals surface area contributed by atoms with Gasteiger partial charge in [0.25, 0.3) is 5.69 Å². The molecule has 94 valence electrons. The van der Waals surface area contributed by atoms with Gasteiger partial charge in [0.05, 0.1) is 24.2 Å². The minimum atomic E-state index is -0.474. The van der Waals surface area contributed by atoms with Gasteiger partial charge in [0, 0.05) is 22.6 Å². The molecule has 1 rings (SSSR count). The Morgan fingerprint density at radius 3 is 2.59 bits per heavy atom. The molecule has 0 heterocycles. The number of halogens is 1. The lowest BCUT2D eigenvalue weighted by atomic mass is 10.1. The second-order valence-electron chi connectivity index (χ2n) is 3.47. The first-order valence-corrected chi connectivity index (χ1v) is 5.75. The van der Waals surface area contributed by atoms with E-state index in [0.717, 1.165) is 0 Å². The summed E-state index contributed by atoms with van der Waals surface area (Å²) in [5.41, 5.74) is 0.506. The smallest absolute Gasteiger partial charge is 0.275 e. The van der Waals surface area contributed by atoms with Crippen LogP contribution >= 0.6 is 15.9 Å². The summed E-state index contributed by atoms with van der Waals surface area (Å²) < 4.78 is 0.633. The molecule has 0 bridgehead atoms. The van der Waals surface area contributed by atoms with E-state index in [0.29, 0.717) is 10.0 Å². The van der Waals surface area contributed by atoms with Gasteiger partial charge in [0.1, 0.15) is 0 Å². The van der Waals surface area contributed by atoms with Crippen molar-refractivity contribution in [3.05, 3.63) is 38.3 Å². The molecule has 0 aliphatic heterocycles. The molecule has 0 aliphatic rings. The predicted molar refractivity (Wildman–Crippen MR) is 65.6 cm³/mol. The molecule has 0 radical (unpaired) electrons. The standard InChI is InChI=1S/C10H13BrN2O4/c11-8-2-1-7(10(3-8)13(16)17)4-12-9(5-14)6-15/h1-3,9,12,14-15H,4-6H2. The van der Waals surface area contributed by atoms with E-state index in [1.165, 1.54) is 6.07 Å². The van der Waals surface area contributed by atoms with Crippen molar-refractivity contribution >= 4 is 21.6 Å². The van der Waals surface area contributed by atoms with Gasteiger partial charge in [0.2, 0.25) is 0 Å². The number of aliphatic hydroxyl groups is 2. The van der Waals surface area contributed by atoms with Gasteiger partial charge in [-0.25, -0.2) is 0 Å². The van der Waals surface area contributed by atoms with Gasteiger partial charge < -0.3 is 15.5 Å². The van der Waals surface area contributed by atoms with Crippen LogP contribution in [-0.2, 0) is 6.54 Å². The third kappa shape index (κ3) is 4.04. The lowest BCUT2D eigenvalue weighted by molar-refractivity contribution is -0.385. The van der Waals surface area contributed by atoms with Crippen LogP contribution in [0.2, 0.25) is 0 Å². The molecule has 17 heavy (non-hydrogen) atoms. The maximum Gasteiger partial charge on any atom is 0.275 e. The van der Waals surface area contributed by atoms with Gasteiger partial charge >= 0.3 is 0 Å². The summed E-state index contributed by atoms with van der Waals surface area (Å²) >= 11 is 3.17. The fraction of sp³-hybridized carbons (Fsp3) is 0.400. The Balaban J connectivity index is 2.80. The Bertz CT molecular complexity index is 396. The zero-order valence-electron chi connectivity index (χ0n) is 8.97.